The smallest absolute Gasteiger partial charge is 0.129 e. The van der Waals surface area contributed by atoms with Crippen molar-refractivity contribution >= 4 is 0 Å². The highest BCUT2D eigenvalue weighted by Gasteiger charge is 2.25. The van der Waals surface area contributed by atoms with Crippen molar-refractivity contribution in [3.05, 3.63) is 0 Å². The van der Waals surface area contributed by atoms with Crippen molar-refractivity contribution in [3.63, 3.8) is 0 Å². The lowest BCUT2D eigenvalue weighted by Crippen LogP contribution is -2.55. The summed E-state index contributed by atoms with van der Waals surface area (Å²) in [6, 6.07) is 0. The Morgan fingerprint density at radius 1 is 1.78 bits per heavy atom. The third kappa shape index (κ3) is 1.64. The summed E-state index contributed by atoms with van der Waals surface area (Å²) in [6.07, 6.45) is 0.875. The van der Waals surface area contributed by atoms with Gasteiger partial charge in [-0.2, -0.15) is 0 Å². The first-order chi connectivity index (χ1) is 4.27. The third-order valence-corrected chi connectivity index (χ3v) is 1.69. The topological polar surface area (TPSA) is 47.3 Å². The van der Waals surface area contributed by atoms with Gasteiger partial charge in [0, 0.05) is 13.1 Å². The van der Waals surface area contributed by atoms with Gasteiger partial charge in [0.05, 0.1) is 6.61 Å². The summed E-state index contributed by atoms with van der Waals surface area (Å²) < 4.78 is 5.33. The van der Waals surface area contributed by atoms with Crippen LogP contribution in [-0.2, 0) is 4.74 Å². The van der Waals surface area contributed by atoms with Gasteiger partial charge >= 0.3 is 0 Å². The van der Waals surface area contributed by atoms with Gasteiger partial charge in [0.2, 0.25) is 0 Å². The number of hydrogen-bond donors (Lipinski definition) is 2. The molecule has 3 heteroatoms. The van der Waals surface area contributed by atoms with Crippen molar-refractivity contribution in [2.75, 3.05) is 19.7 Å². The summed E-state index contributed by atoms with van der Waals surface area (Å²) in [5.41, 5.74) is 5.38. The first kappa shape index (κ1) is 6.99. The van der Waals surface area contributed by atoms with Crippen molar-refractivity contribution in [3.8, 4) is 0 Å². The molecule has 0 saturated carbocycles. The van der Waals surface area contributed by atoms with E-state index in [4.69, 9.17) is 10.5 Å². The molecule has 0 aromatic rings. The zero-order valence-electron chi connectivity index (χ0n) is 5.81. The molecule has 1 fully saturated rings. The molecule has 0 aromatic carbocycles. The van der Waals surface area contributed by atoms with Crippen LogP contribution in [0.3, 0.4) is 0 Å². The Bertz CT molecular complexity index is 89.1. The summed E-state index contributed by atoms with van der Waals surface area (Å²) in [7, 11) is 0. The van der Waals surface area contributed by atoms with Gasteiger partial charge in [0.1, 0.15) is 5.72 Å². The molecule has 0 aliphatic carbocycles. The zero-order valence-corrected chi connectivity index (χ0v) is 5.81. The Balaban J connectivity index is 2.37. The second-order valence-electron chi connectivity index (χ2n) is 2.44. The quantitative estimate of drug-likeness (QED) is 0.511. The van der Waals surface area contributed by atoms with Crippen molar-refractivity contribution in [2.24, 2.45) is 5.73 Å². The van der Waals surface area contributed by atoms with Crippen LogP contribution in [0, 0.1) is 0 Å². The van der Waals surface area contributed by atoms with E-state index in [2.05, 4.69) is 5.32 Å². The molecule has 0 bridgehead atoms. The van der Waals surface area contributed by atoms with E-state index >= 15 is 0 Å². The first-order valence-corrected chi connectivity index (χ1v) is 3.40. The Morgan fingerprint density at radius 2 is 2.56 bits per heavy atom. The fraction of sp³-hybridized carbons (Fsp3) is 1.00. The molecule has 3 N–H and O–H groups in total. The van der Waals surface area contributed by atoms with Crippen LogP contribution >= 0.6 is 0 Å². The minimum absolute atomic E-state index is 0.391. The summed E-state index contributed by atoms with van der Waals surface area (Å²) in [5.74, 6) is 0. The maximum absolute atomic E-state index is 5.77. The summed E-state index contributed by atoms with van der Waals surface area (Å²) >= 11 is 0. The highest BCUT2D eigenvalue weighted by molar-refractivity contribution is 4.77. The molecule has 0 amide bonds. The lowest BCUT2D eigenvalue weighted by Gasteiger charge is -2.32. The lowest BCUT2D eigenvalue weighted by molar-refractivity contribution is -0.0636. The molecule has 1 heterocycles. The van der Waals surface area contributed by atoms with E-state index < -0.39 is 5.72 Å². The van der Waals surface area contributed by atoms with E-state index in [0.29, 0.717) is 0 Å². The average Bonchev–Trinajstić information content (AvgIpc) is 1.90. The molecule has 1 unspecified atom stereocenters. The average molecular weight is 130 g/mol. The zero-order chi connectivity index (χ0) is 6.74. The Hall–Kier alpha value is -0.120. The van der Waals surface area contributed by atoms with Crippen LogP contribution in [0.4, 0.5) is 0 Å². The predicted octanol–water partition coefficient (Wildman–Crippen LogP) is -0.329. The summed E-state index contributed by atoms with van der Waals surface area (Å²) in [6.45, 7) is 4.49. The molecule has 3 nitrogen and oxygen atoms in total. The second kappa shape index (κ2) is 2.64. The molecular weight excluding hydrogens is 116 g/mol. The summed E-state index contributed by atoms with van der Waals surface area (Å²) in [4.78, 5) is 0. The largest absolute Gasteiger partial charge is 0.358 e. The highest BCUT2D eigenvalue weighted by Crippen LogP contribution is 2.08. The normalized spacial score (nSPS) is 36.7. The summed E-state index contributed by atoms with van der Waals surface area (Å²) in [5, 5.41) is 3.18. The van der Waals surface area contributed by atoms with Crippen LogP contribution in [0.1, 0.15) is 13.3 Å². The van der Waals surface area contributed by atoms with Gasteiger partial charge in [-0.3, -0.25) is 0 Å². The standard InChI is InChI=1S/C6H14N2O/c1-2-6(7)5-8-3-4-9-6/h8H,2-5,7H2,1H3. The Morgan fingerprint density at radius 3 is 2.89 bits per heavy atom. The molecule has 1 aliphatic rings. The lowest BCUT2D eigenvalue weighted by atomic mass is 10.1. The van der Waals surface area contributed by atoms with Crippen LogP contribution in [0.25, 0.3) is 0 Å². The van der Waals surface area contributed by atoms with Gasteiger partial charge < -0.3 is 15.8 Å². The van der Waals surface area contributed by atoms with Gasteiger partial charge in [-0.25, -0.2) is 0 Å². The number of rotatable bonds is 1. The van der Waals surface area contributed by atoms with E-state index in [1.807, 2.05) is 6.92 Å². The maximum Gasteiger partial charge on any atom is 0.129 e. The van der Waals surface area contributed by atoms with Gasteiger partial charge in [0.15, 0.2) is 0 Å². The number of hydrogen-bond acceptors (Lipinski definition) is 3. The van der Waals surface area contributed by atoms with Crippen LogP contribution in [-0.4, -0.2) is 25.4 Å². The van der Waals surface area contributed by atoms with Gasteiger partial charge in [0.25, 0.3) is 0 Å². The van der Waals surface area contributed by atoms with E-state index in [0.717, 1.165) is 26.1 Å². The van der Waals surface area contributed by atoms with Gasteiger partial charge in [-0.05, 0) is 6.42 Å². The molecule has 54 valence electrons. The van der Waals surface area contributed by atoms with Gasteiger partial charge in [-0.1, -0.05) is 6.92 Å². The fourth-order valence-electron chi connectivity index (χ4n) is 0.905. The van der Waals surface area contributed by atoms with Crippen LogP contribution in [0.5, 0.6) is 0 Å². The van der Waals surface area contributed by atoms with Crippen molar-refractivity contribution in [2.45, 2.75) is 19.1 Å². The molecule has 9 heavy (non-hydrogen) atoms. The van der Waals surface area contributed by atoms with E-state index in [1.54, 1.807) is 0 Å². The fourth-order valence-corrected chi connectivity index (χ4v) is 0.905. The van der Waals surface area contributed by atoms with Gasteiger partial charge in [-0.15, -0.1) is 0 Å². The van der Waals surface area contributed by atoms with E-state index in [1.165, 1.54) is 0 Å². The van der Waals surface area contributed by atoms with E-state index in [9.17, 15) is 0 Å². The highest BCUT2D eigenvalue weighted by atomic mass is 16.5. The minimum atomic E-state index is -0.391. The van der Waals surface area contributed by atoms with Crippen molar-refractivity contribution in [1.29, 1.82) is 0 Å². The Kier molecular flexibility index (Phi) is 2.05. The molecular formula is C6H14N2O. The number of morpholine rings is 1. The molecule has 1 saturated heterocycles. The Labute approximate surface area is 55.6 Å². The molecule has 1 atom stereocenters. The number of ether oxygens (including phenoxy) is 1. The molecule has 1 rings (SSSR count). The SMILES string of the molecule is CCC1(N)CNCCO1. The first-order valence-electron chi connectivity index (χ1n) is 3.40. The van der Waals surface area contributed by atoms with E-state index in [-0.39, 0.29) is 0 Å². The second-order valence-corrected chi connectivity index (χ2v) is 2.44. The molecule has 0 radical (unpaired) electrons. The van der Waals surface area contributed by atoms with Crippen LogP contribution in [0.2, 0.25) is 0 Å². The number of nitrogens with two attached hydrogens (primary N) is 1. The minimum Gasteiger partial charge on any atom is -0.358 e. The van der Waals surface area contributed by atoms with Crippen LogP contribution < -0.4 is 11.1 Å². The molecule has 0 aromatic heterocycles. The molecule has 0 spiro atoms. The monoisotopic (exact) mass is 130 g/mol. The van der Waals surface area contributed by atoms with Crippen molar-refractivity contribution < 1.29 is 4.74 Å². The third-order valence-electron chi connectivity index (χ3n) is 1.69. The maximum atomic E-state index is 5.77. The van der Waals surface area contributed by atoms with Crippen molar-refractivity contribution in [1.82, 2.24) is 5.32 Å². The van der Waals surface area contributed by atoms with Crippen LogP contribution in [0.15, 0.2) is 0 Å². The number of nitrogens with one attached hydrogen (secondary N) is 1. The predicted molar refractivity (Wildman–Crippen MR) is 36.0 cm³/mol. The molecule has 1 aliphatic heterocycles.